The number of nitrogens with one attached hydrogen (secondary N) is 2. The molecule has 0 aliphatic carbocycles. The molecule has 0 saturated carbocycles. The van der Waals surface area contributed by atoms with E-state index in [4.69, 9.17) is 11.6 Å². The Bertz CT molecular complexity index is 1010. The highest BCUT2D eigenvalue weighted by Crippen LogP contribution is 2.24. The molecule has 2 N–H and O–H groups in total. The maximum absolute atomic E-state index is 12.8. The van der Waals surface area contributed by atoms with Gasteiger partial charge in [-0.15, -0.1) is 0 Å². The van der Waals surface area contributed by atoms with E-state index in [1.54, 1.807) is 60.7 Å². The van der Waals surface area contributed by atoms with Crippen molar-refractivity contribution in [1.29, 1.82) is 0 Å². The first-order chi connectivity index (χ1) is 13.4. The van der Waals surface area contributed by atoms with E-state index in [2.05, 4.69) is 10.6 Å². The van der Waals surface area contributed by atoms with Crippen molar-refractivity contribution < 1.29 is 18.0 Å². The van der Waals surface area contributed by atoms with E-state index >= 15 is 0 Å². The zero-order valence-electron chi connectivity index (χ0n) is 14.9. The summed E-state index contributed by atoms with van der Waals surface area (Å²) in [5.74, 6) is -1.23. The lowest BCUT2D eigenvalue weighted by atomic mass is 10.1. The number of halogens is 1. The summed E-state index contributed by atoms with van der Waals surface area (Å²) < 4.78 is 24.1. The van der Waals surface area contributed by atoms with Gasteiger partial charge in [0, 0.05) is 5.56 Å². The molecule has 8 heteroatoms. The van der Waals surface area contributed by atoms with Crippen LogP contribution in [-0.2, 0) is 14.6 Å². The van der Waals surface area contributed by atoms with Gasteiger partial charge in [-0.2, -0.15) is 0 Å². The van der Waals surface area contributed by atoms with Crippen molar-refractivity contribution in [3.05, 3.63) is 77.5 Å². The third kappa shape index (κ3) is 4.61. The molecule has 2 aromatic carbocycles. The maximum Gasteiger partial charge on any atom is 0.270 e. The number of hydrogen-bond donors (Lipinski definition) is 2. The average molecular weight is 419 g/mol. The molecule has 0 spiro atoms. The average Bonchev–Trinajstić information content (AvgIpc) is 3.04. The summed E-state index contributed by atoms with van der Waals surface area (Å²) in [4.78, 5) is 25.4. The summed E-state index contributed by atoms with van der Waals surface area (Å²) >= 11 is 6.41. The molecule has 1 heterocycles. The molecule has 0 bridgehead atoms. The second-order valence-corrected chi connectivity index (χ2v) is 9.03. The van der Waals surface area contributed by atoms with Gasteiger partial charge in [0.2, 0.25) is 0 Å². The summed E-state index contributed by atoms with van der Waals surface area (Å²) in [5.41, 5.74) is 0.680. The maximum atomic E-state index is 12.8. The minimum atomic E-state index is -3.40. The number of rotatable bonds is 5. The van der Waals surface area contributed by atoms with Crippen LogP contribution in [0, 0.1) is 0 Å². The van der Waals surface area contributed by atoms with Crippen LogP contribution >= 0.6 is 11.6 Å². The lowest BCUT2D eigenvalue weighted by molar-refractivity contribution is -0.118. The Balaban J connectivity index is 1.92. The predicted octanol–water partition coefficient (Wildman–Crippen LogP) is 2.67. The van der Waals surface area contributed by atoms with Gasteiger partial charge < -0.3 is 10.6 Å². The van der Waals surface area contributed by atoms with Gasteiger partial charge in [0.05, 0.1) is 10.8 Å². The second kappa shape index (κ2) is 8.58. The van der Waals surface area contributed by atoms with Crippen molar-refractivity contribution in [1.82, 2.24) is 10.6 Å². The van der Waals surface area contributed by atoms with Crippen LogP contribution in [-0.4, -0.2) is 31.4 Å². The molecule has 2 amide bonds. The minimum absolute atomic E-state index is 0.0257. The third-order valence-electron chi connectivity index (χ3n) is 4.37. The zero-order chi connectivity index (χ0) is 20.1. The lowest BCUT2D eigenvalue weighted by Gasteiger charge is -2.16. The van der Waals surface area contributed by atoms with E-state index in [9.17, 15) is 18.0 Å². The van der Waals surface area contributed by atoms with Crippen LogP contribution in [0.3, 0.4) is 0 Å². The summed E-state index contributed by atoms with van der Waals surface area (Å²) in [6.07, 6.45) is 0.812. The van der Waals surface area contributed by atoms with E-state index < -0.39 is 27.0 Å². The minimum Gasteiger partial charge on any atom is -0.334 e. The van der Waals surface area contributed by atoms with Crippen molar-refractivity contribution in [2.24, 2.45) is 0 Å². The Morgan fingerprint density at radius 3 is 2.04 bits per heavy atom. The summed E-state index contributed by atoms with van der Waals surface area (Å²) in [7, 11) is -3.40. The Hall–Kier alpha value is -2.64. The van der Waals surface area contributed by atoms with Crippen LogP contribution < -0.4 is 10.6 Å². The monoisotopic (exact) mass is 418 g/mol. The number of sulfone groups is 1. The molecule has 1 atom stereocenters. The quantitative estimate of drug-likeness (QED) is 0.730. The van der Waals surface area contributed by atoms with E-state index in [-0.39, 0.29) is 16.5 Å². The molecule has 0 aromatic heterocycles. The molecule has 1 fully saturated rings. The predicted molar refractivity (Wildman–Crippen MR) is 108 cm³/mol. The van der Waals surface area contributed by atoms with Crippen LogP contribution in [0.2, 0.25) is 0 Å². The van der Waals surface area contributed by atoms with Crippen molar-refractivity contribution >= 4 is 38.3 Å². The number of carbonyl (C=O) groups is 2. The first kappa shape index (κ1) is 20.1. The molecule has 3 rings (SSSR count). The molecule has 1 saturated heterocycles. The van der Waals surface area contributed by atoms with Gasteiger partial charge in [-0.05, 0) is 30.5 Å². The van der Waals surface area contributed by atoms with Crippen LogP contribution in [0.1, 0.15) is 28.8 Å². The van der Waals surface area contributed by atoms with Gasteiger partial charge in [-0.3, -0.25) is 9.59 Å². The zero-order valence-corrected chi connectivity index (χ0v) is 16.5. The topological polar surface area (TPSA) is 92.3 Å². The molecule has 146 valence electrons. The van der Waals surface area contributed by atoms with Crippen LogP contribution in [0.4, 0.5) is 0 Å². The van der Waals surface area contributed by atoms with E-state index in [1.807, 2.05) is 0 Å². The highest BCUT2D eigenvalue weighted by Gasteiger charge is 2.34. The van der Waals surface area contributed by atoms with Crippen molar-refractivity contribution in [3.63, 3.8) is 0 Å². The normalized spacial score (nSPS) is 18.8. The van der Waals surface area contributed by atoms with Gasteiger partial charge in [-0.25, -0.2) is 8.42 Å². The third-order valence-corrected chi connectivity index (χ3v) is 6.85. The van der Waals surface area contributed by atoms with Crippen molar-refractivity contribution in [2.75, 3.05) is 5.75 Å². The van der Waals surface area contributed by atoms with Crippen molar-refractivity contribution in [3.8, 4) is 0 Å². The van der Waals surface area contributed by atoms with Gasteiger partial charge in [-0.1, -0.05) is 60.1 Å². The van der Waals surface area contributed by atoms with Crippen LogP contribution in [0.5, 0.6) is 0 Å². The number of hydrogen-bond acceptors (Lipinski definition) is 4. The first-order valence-electron chi connectivity index (χ1n) is 8.72. The van der Waals surface area contributed by atoms with Crippen LogP contribution in [0.25, 0.3) is 5.03 Å². The summed E-state index contributed by atoms with van der Waals surface area (Å²) in [6, 6.07) is 17.0. The van der Waals surface area contributed by atoms with Crippen molar-refractivity contribution in [2.45, 2.75) is 18.2 Å². The first-order valence-corrected chi connectivity index (χ1v) is 10.8. The van der Waals surface area contributed by atoms with Gasteiger partial charge >= 0.3 is 0 Å². The van der Waals surface area contributed by atoms with Gasteiger partial charge in [0.25, 0.3) is 11.8 Å². The second-order valence-electron chi connectivity index (χ2n) is 6.35. The molecule has 1 aliphatic heterocycles. The van der Waals surface area contributed by atoms with Gasteiger partial charge in [0.15, 0.2) is 9.84 Å². The van der Waals surface area contributed by atoms with E-state index in [0.29, 0.717) is 24.0 Å². The molecule has 28 heavy (non-hydrogen) atoms. The van der Waals surface area contributed by atoms with E-state index in [1.165, 1.54) is 0 Å². The lowest BCUT2D eigenvalue weighted by Crippen LogP contribution is -2.42. The summed E-state index contributed by atoms with van der Waals surface area (Å²) in [5, 5.41) is 4.07. The highest BCUT2D eigenvalue weighted by atomic mass is 35.5. The Kier molecular flexibility index (Phi) is 6.16. The standard InChI is InChI=1S/C20H19ClN2O4S/c21-17(14-8-3-1-4-9-14)18(23-19(24)15-10-5-2-6-11-15)20(25)22-16-12-7-13-28(16,26)27/h1-6,8-11,16H,7,12-13H2,(H,22,25)(H,23,24)/b18-17-. The fourth-order valence-electron chi connectivity index (χ4n) is 2.89. The number of carbonyl (C=O) groups excluding carboxylic acids is 2. The molecular weight excluding hydrogens is 400 g/mol. The fourth-order valence-corrected chi connectivity index (χ4v) is 4.81. The fraction of sp³-hybridized carbons (Fsp3) is 0.200. The smallest absolute Gasteiger partial charge is 0.270 e. The van der Waals surface area contributed by atoms with Gasteiger partial charge in [0.1, 0.15) is 11.1 Å². The number of benzene rings is 2. The Labute approximate surface area is 168 Å². The molecule has 6 nitrogen and oxygen atoms in total. The molecule has 0 radical (unpaired) electrons. The highest BCUT2D eigenvalue weighted by molar-refractivity contribution is 7.92. The molecule has 1 aliphatic rings. The Morgan fingerprint density at radius 1 is 0.929 bits per heavy atom. The molecular formula is C20H19ClN2O4S. The summed E-state index contributed by atoms with van der Waals surface area (Å²) in [6.45, 7) is 0. The van der Waals surface area contributed by atoms with E-state index in [0.717, 1.165) is 0 Å². The number of amides is 2. The molecule has 2 aromatic rings. The largest absolute Gasteiger partial charge is 0.334 e. The SMILES string of the molecule is O=C(NC1CCCS1(=O)=O)/C(NC(=O)c1ccccc1)=C(/Cl)c1ccccc1. The molecule has 1 unspecified atom stereocenters. The van der Waals surface area contributed by atoms with Crippen LogP contribution in [0.15, 0.2) is 66.4 Å². The Morgan fingerprint density at radius 2 is 1.50 bits per heavy atom.